The Bertz CT molecular complexity index is 1700. The van der Waals surface area contributed by atoms with Crippen molar-refractivity contribution in [3.8, 4) is 5.75 Å². The number of carbonyl (C=O) groups is 2. The lowest BCUT2D eigenvalue weighted by Gasteiger charge is -2.46. The zero-order valence-corrected chi connectivity index (χ0v) is 31.0. The van der Waals surface area contributed by atoms with Crippen molar-refractivity contribution in [3.63, 3.8) is 0 Å². The lowest BCUT2D eigenvalue weighted by molar-refractivity contribution is -0.138. The normalized spacial score (nSPS) is 23.0. The molecule has 0 bridgehead atoms. The first-order valence-electron chi connectivity index (χ1n) is 18.0. The summed E-state index contributed by atoms with van der Waals surface area (Å²) in [6.45, 7) is 9.23. The Hall–Kier alpha value is -3.76. The Balaban J connectivity index is 1.41. The second-order valence-corrected chi connectivity index (χ2v) is 19.5. The van der Waals surface area contributed by atoms with Gasteiger partial charge >= 0.3 is 7.12 Å². The molecule has 2 amide bonds. The summed E-state index contributed by atoms with van der Waals surface area (Å²) < 4.78 is 13.8. The molecule has 3 aromatic rings. The molecule has 6 rings (SSSR count). The molecule has 3 aliphatic rings. The molecule has 7 nitrogen and oxygen atoms in total. The van der Waals surface area contributed by atoms with Crippen molar-refractivity contribution in [2.75, 3.05) is 13.7 Å². The molecule has 4 atom stereocenters. The van der Waals surface area contributed by atoms with Gasteiger partial charge in [0.2, 0.25) is 11.8 Å². The van der Waals surface area contributed by atoms with Crippen LogP contribution in [0, 0.1) is 17.8 Å². The summed E-state index contributed by atoms with van der Waals surface area (Å²) >= 11 is 0. The second-order valence-electron chi connectivity index (χ2n) is 15.2. The quantitative estimate of drug-likeness (QED) is 0.138. The van der Waals surface area contributed by atoms with E-state index in [4.69, 9.17) is 9.08 Å². The summed E-state index contributed by atoms with van der Waals surface area (Å²) in [6.07, 6.45) is 5.72. The smallest absolute Gasteiger partial charge is 0.455 e. The number of hydrogen-bond acceptors (Lipinski definition) is 6. The van der Waals surface area contributed by atoms with Crippen LogP contribution in [-0.4, -0.2) is 62.0 Å². The van der Waals surface area contributed by atoms with Crippen LogP contribution in [0.25, 0.3) is 6.08 Å². The van der Waals surface area contributed by atoms with Crippen molar-refractivity contribution in [3.05, 3.63) is 107 Å². The van der Waals surface area contributed by atoms with Crippen molar-refractivity contribution >= 4 is 43.7 Å². The highest BCUT2D eigenvalue weighted by atomic mass is 28.4. The van der Waals surface area contributed by atoms with Gasteiger partial charge in [-0.05, 0) is 82.2 Å². The maximum absolute atomic E-state index is 13.6. The third-order valence-electron chi connectivity index (χ3n) is 11.0. The Morgan fingerprint density at radius 2 is 1.56 bits per heavy atom. The molecule has 3 aromatic carbocycles. The number of likely N-dealkylation sites (tertiary alicyclic amines) is 1. The van der Waals surface area contributed by atoms with E-state index in [0.29, 0.717) is 19.4 Å². The molecule has 1 aliphatic carbocycles. The van der Waals surface area contributed by atoms with E-state index in [9.17, 15) is 19.7 Å². The fourth-order valence-corrected chi connectivity index (χ4v) is 13.3. The molecule has 0 aromatic heterocycles. The van der Waals surface area contributed by atoms with E-state index in [0.717, 1.165) is 36.0 Å². The average Bonchev–Trinajstić information content (AvgIpc) is 3.32. The summed E-state index contributed by atoms with van der Waals surface area (Å²) in [5.74, 6) is -1.38. The van der Waals surface area contributed by atoms with Gasteiger partial charge in [-0.25, -0.2) is 0 Å². The first-order chi connectivity index (χ1) is 23.9. The fraction of sp³-hybridized carbons (Fsp3) is 0.415. The predicted molar refractivity (Wildman–Crippen MR) is 201 cm³/mol. The van der Waals surface area contributed by atoms with Gasteiger partial charge in [0.15, 0.2) is 0 Å². The van der Waals surface area contributed by atoms with E-state index < -0.39 is 33.4 Å². The number of carbonyl (C=O) groups excluding carboxylic acids is 2. The van der Waals surface area contributed by atoms with E-state index in [2.05, 4.69) is 82.3 Å². The monoisotopic (exact) mass is 691 g/mol. The standard InChI is InChI=1S/C41H50BNO6Si/c1-6-13-28(24-29-18-21-31(44)22-19-29)20-23-36-37-30(25-34-38(35(37)26-42(47)49-36)40(46)43(5)39(34)45)27-48-50(41(2,3)4,32-14-9-7-10-15-32)33-16-11-8-12-17-33/h7-12,14-19,21-22,24,34-36,38,44,47H,6,13,20,23,25-27H2,1-5H3/b28-24+/t34-,35+,36-,38-/m1/s1. The van der Waals surface area contributed by atoms with Crippen molar-refractivity contribution in [1.29, 1.82) is 0 Å². The molecule has 2 heterocycles. The lowest BCUT2D eigenvalue weighted by Crippen LogP contribution is -2.66. The first-order valence-corrected chi connectivity index (χ1v) is 20.0. The number of amides is 2. The fourth-order valence-electron chi connectivity index (χ4n) is 8.72. The summed E-state index contributed by atoms with van der Waals surface area (Å²) in [5.41, 5.74) is 4.33. The molecule has 9 heteroatoms. The van der Waals surface area contributed by atoms with Crippen LogP contribution >= 0.6 is 0 Å². The zero-order valence-electron chi connectivity index (χ0n) is 30.0. The molecule has 0 radical (unpaired) electrons. The zero-order chi connectivity index (χ0) is 35.6. The second kappa shape index (κ2) is 14.8. The van der Waals surface area contributed by atoms with E-state index in [-0.39, 0.29) is 34.8 Å². The van der Waals surface area contributed by atoms with Gasteiger partial charge in [-0.3, -0.25) is 14.5 Å². The van der Waals surface area contributed by atoms with Crippen molar-refractivity contribution in [2.45, 2.75) is 77.3 Å². The van der Waals surface area contributed by atoms with E-state index >= 15 is 0 Å². The van der Waals surface area contributed by atoms with E-state index in [1.807, 2.05) is 24.3 Å². The minimum atomic E-state index is -2.91. The SMILES string of the molecule is CCC/C(=C\c1ccc(O)cc1)CC[C@H]1OB(O)C[C@H]2C1=C(CO[Si](c1ccccc1)(c1ccccc1)C(C)(C)C)C[C@H]1C(=O)N(C)C(=O)[C@H]12. The third-order valence-corrected chi connectivity index (χ3v) is 16.0. The van der Waals surface area contributed by atoms with Crippen LogP contribution in [-0.2, 0) is 18.7 Å². The Morgan fingerprint density at radius 1 is 0.940 bits per heavy atom. The highest BCUT2D eigenvalue weighted by Crippen LogP contribution is 2.51. The number of aromatic hydroxyl groups is 1. The molecule has 0 spiro atoms. The van der Waals surface area contributed by atoms with Crippen LogP contribution < -0.4 is 10.4 Å². The molecular weight excluding hydrogens is 641 g/mol. The van der Waals surface area contributed by atoms with Gasteiger partial charge in [-0.15, -0.1) is 0 Å². The Kier molecular flexibility index (Phi) is 10.7. The highest BCUT2D eigenvalue weighted by Gasteiger charge is 2.57. The van der Waals surface area contributed by atoms with Gasteiger partial charge in [0, 0.05) is 7.05 Å². The van der Waals surface area contributed by atoms with Crippen LogP contribution in [0.3, 0.4) is 0 Å². The Labute approximate surface area is 298 Å². The molecule has 2 N–H and O–H groups in total. The maximum atomic E-state index is 13.6. The first kappa shape index (κ1) is 36.0. The highest BCUT2D eigenvalue weighted by molar-refractivity contribution is 6.99. The van der Waals surface area contributed by atoms with Gasteiger partial charge in [-0.2, -0.15) is 0 Å². The van der Waals surface area contributed by atoms with Gasteiger partial charge in [0.25, 0.3) is 8.32 Å². The number of nitrogens with zero attached hydrogens (tertiary/aromatic N) is 1. The number of phenolic OH excluding ortho intramolecular Hbond substituents is 1. The van der Waals surface area contributed by atoms with Gasteiger partial charge in [0.05, 0.1) is 24.5 Å². The van der Waals surface area contributed by atoms with Crippen molar-refractivity contribution in [2.24, 2.45) is 17.8 Å². The number of benzene rings is 3. The summed E-state index contributed by atoms with van der Waals surface area (Å²) in [4.78, 5) is 28.5. The largest absolute Gasteiger partial charge is 0.508 e. The van der Waals surface area contributed by atoms with E-state index in [1.165, 1.54) is 20.8 Å². The molecule has 0 saturated carbocycles. The minimum absolute atomic E-state index is 0.151. The number of rotatable bonds is 11. The predicted octanol–water partition coefficient (Wildman–Crippen LogP) is 6.36. The van der Waals surface area contributed by atoms with Gasteiger partial charge in [0.1, 0.15) is 5.75 Å². The topological polar surface area (TPSA) is 96.3 Å². The van der Waals surface area contributed by atoms with Crippen LogP contribution in [0.1, 0.15) is 65.4 Å². The summed E-state index contributed by atoms with van der Waals surface area (Å²) in [6, 6.07) is 28.3. The molecule has 2 aliphatic heterocycles. The lowest BCUT2D eigenvalue weighted by atomic mass is 9.58. The molecular formula is C41H50BNO6Si. The van der Waals surface area contributed by atoms with Crippen LogP contribution in [0.2, 0.25) is 11.4 Å². The average molecular weight is 692 g/mol. The Morgan fingerprint density at radius 3 is 2.14 bits per heavy atom. The number of imide groups is 1. The van der Waals surface area contributed by atoms with Crippen molar-refractivity contribution in [1.82, 2.24) is 4.90 Å². The van der Waals surface area contributed by atoms with Crippen LogP contribution in [0.4, 0.5) is 0 Å². The number of allylic oxidation sites excluding steroid dienone is 1. The number of hydrogen-bond donors (Lipinski definition) is 2. The van der Waals surface area contributed by atoms with Crippen molar-refractivity contribution < 1.29 is 28.8 Å². The molecule has 50 heavy (non-hydrogen) atoms. The van der Waals surface area contributed by atoms with Crippen LogP contribution in [0.5, 0.6) is 5.75 Å². The minimum Gasteiger partial charge on any atom is -0.508 e. The number of fused-ring (bicyclic) bond motifs is 3. The molecule has 262 valence electrons. The van der Waals surface area contributed by atoms with E-state index in [1.54, 1.807) is 19.2 Å². The number of phenols is 1. The molecule has 0 unspecified atom stereocenters. The van der Waals surface area contributed by atoms with Crippen LogP contribution in [0.15, 0.2) is 102 Å². The van der Waals surface area contributed by atoms with Gasteiger partial charge < -0.3 is 19.2 Å². The third kappa shape index (κ3) is 6.93. The molecule has 2 saturated heterocycles. The summed E-state index contributed by atoms with van der Waals surface area (Å²) in [5, 5.41) is 23.0. The summed E-state index contributed by atoms with van der Waals surface area (Å²) in [7, 11) is -2.36. The van der Waals surface area contributed by atoms with Gasteiger partial charge in [-0.1, -0.05) is 119 Å². The molecule has 2 fully saturated rings. The maximum Gasteiger partial charge on any atom is 0.455 e.